The Labute approximate surface area is 187 Å². The molecule has 1 aliphatic carbocycles. The molecule has 0 unspecified atom stereocenters. The van der Waals surface area contributed by atoms with Crippen molar-refractivity contribution in [2.45, 2.75) is 13.0 Å². The van der Waals surface area contributed by atoms with Gasteiger partial charge >= 0.3 is 0 Å². The molecule has 0 aromatic heterocycles. The first-order valence-electron chi connectivity index (χ1n) is 11.2. The Morgan fingerprint density at radius 3 is 2.47 bits per heavy atom. The first-order valence-corrected chi connectivity index (χ1v) is 11.2. The Bertz CT molecular complexity index is 1240. The molecule has 1 fully saturated rings. The summed E-state index contributed by atoms with van der Waals surface area (Å²) in [4.78, 5) is 30.2. The zero-order valence-electron chi connectivity index (χ0n) is 17.8. The van der Waals surface area contributed by atoms with E-state index in [0.717, 1.165) is 55.1 Å². The number of ether oxygens (including phenoxy) is 1. The molecule has 3 aromatic rings. The van der Waals surface area contributed by atoms with Crippen LogP contribution in [0.5, 0.6) is 5.75 Å². The van der Waals surface area contributed by atoms with Crippen LogP contribution in [0, 0.1) is 0 Å². The van der Waals surface area contributed by atoms with Crippen LogP contribution in [0.15, 0.2) is 60.7 Å². The van der Waals surface area contributed by atoms with Crippen LogP contribution >= 0.6 is 0 Å². The number of benzene rings is 3. The average molecular weight is 425 g/mol. The van der Waals surface area contributed by atoms with Crippen LogP contribution in [-0.2, 0) is 13.0 Å². The Balaban J connectivity index is 1.12. The van der Waals surface area contributed by atoms with Gasteiger partial charge in [0.2, 0.25) is 0 Å². The quantitative estimate of drug-likeness (QED) is 0.502. The van der Waals surface area contributed by atoms with E-state index in [-0.39, 0.29) is 11.7 Å². The van der Waals surface area contributed by atoms with Crippen LogP contribution in [0.4, 0.5) is 0 Å². The van der Waals surface area contributed by atoms with Crippen LogP contribution in [0.2, 0.25) is 0 Å². The van der Waals surface area contributed by atoms with Gasteiger partial charge in [-0.3, -0.25) is 14.5 Å². The molecule has 3 aliphatic rings. The molecular weight excluding hydrogens is 400 g/mol. The number of carbonyl (C=O) groups excluding carboxylic acids is 2. The zero-order chi connectivity index (χ0) is 21.7. The van der Waals surface area contributed by atoms with Gasteiger partial charge in [0.15, 0.2) is 5.78 Å². The minimum Gasteiger partial charge on any atom is -0.493 e. The molecule has 32 heavy (non-hydrogen) atoms. The molecule has 0 bridgehead atoms. The molecule has 1 saturated heterocycles. The van der Waals surface area contributed by atoms with Crippen LogP contribution in [-0.4, -0.2) is 54.3 Å². The van der Waals surface area contributed by atoms with Gasteiger partial charge in [0.25, 0.3) is 5.91 Å². The lowest BCUT2D eigenvalue weighted by Gasteiger charge is -2.35. The second-order valence-electron chi connectivity index (χ2n) is 8.74. The van der Waals surface area contributed by atoms with E-state index in [9.17, 15) is 9.59 Å². The summed E-state index contributed by atoms with van der Waals surface area (Å²) in [6, 6.07) is 19.7. The summed E-state index contributed by atoms with van der Waals surface area (Å²) in [6.07, 6.45) is 0.986. The van der Waals surface area contributed by atoms with Crippen LogP contribution in [0.3, 0.4) is 0 Å². The van der Waals surface area contributed by atoms with Gasteiger partial charge in [0, 0.05) is 55.8 Å². The molecule has 3 aromatic carbocycles. The molecule has 0 atom stereocenters. The van der Waals surface area contributed by atoms with Crippen molar-refractivity contribution >= 4 is 11.7 Å². The molecular formula is C27H24N2O3. The van der Waals surface area contributed by atoms with Gasteiger partial charge in [-0.15, -0.1) is 0 Å². The molecule has 160 valence electrons. The summed E-state index contributed by atoms with van der Waals surface area (Å²) in [5.41, 5.74) is 6.42. The molecule has 0 radical (unpaired) electrons. The third kappa shape index (κ3) is 3.21. The highest BCUT2D eigenvalue weighted by Gasteiger charge is 2.29. The summed E-state index contributed by atoms with van der Waals surface area (Å²) >= 11 is 0. The van der Waals surface area contributed by atoms with Crippen molar-refractivity contribution in [1.29, 1.82) is 0 Å². The fraction of sp³-hybridized carbons (Fsp3) is 0.259. The third-order valence-electron chi connectivity index (χ3n) is 6.79. The maximum absolute atomic E-state index is 13.2. The Morgan fingerprint density at radius 2 is 1.62 bits per heavy atom. The van der Waals surface area contributed by atoms with Gasteiger partial charge in [-0.2, -0.15) is 0 Å². The van der Waals surface area contributed by atoms with Crippen molar-refractivity contribution in [2.75, 3.05) is 32.8 Å². The van der Waals surface area contributed by atoms with Crippen molar-refractivity contribution in [3.8, 4) is 16.9 Å². The minimum absolute atomic E-state index is 0.00545. The van der Waals surface area contributed by atoms with E-state index in [1.54, 1.807) is 6.07 Å². The summed E-state index contributed by atoms with van der Waals surface area (Å²) in [5, 5.41) is 0. The molecule has 2 heterocycles. The zero-order valence-corrected chi connectivity index (χ0v) is 17.8. The average Bonchev–Trinajstić information content (AvgIpc) is 3.41. The molecule has 0 N–H and O–H groups in total. The second-order valence-corrected chi connectivity index (χ2v) is 8.74. The van der Waals surface area contributed by atoms with Crippen LogP contribution in [0.25, 0.3) is 11.1 Å². The highest BCUT2D eigenvalue weighted by atomic mass is 16.5. The van der Waals surface area contributed by atoms with Gasteiger partial charge < -0.3 is 9.64 Å². The predicted molar refractivity (Wildman–Crippen MR) is 122 cm³/mol. The van der Waals surface area contributed by atoms with Gasteiger partial charge in [0.05, 0.1) is 6.61 Å². The lowest BCUT2D eigenvalue weighted by Crippen LogP contribution is -2.48. The third-order valence-corrected chi connectivity index (χ3v) is 6.79. The lowest BCUT2D eigenvalue weighted by atomic mass is 10.0. The number of nitrogens with zero attached hydrogens (tertiary/aromatic N) is 2. The summed E-state index contributed by atoms with van der Waals surface area (Å²) in [7, 11) is 0. The van der Waals surface area contributed by atoms with E-state index in [2.05, 4.69) is 23.1 Å². The fourth-order valence-corrected chi connectivity index (χ4v) is 5.05. The molecule has 6 rings (SSSR count). The summed E-state index contributed by atoms with van der Waals surface area (Å²) in [5.74, 6) is 1.03. The monoisotopic (exact) mass is 424 g/mol. The normalized spacial score (nSPS) is 17.0. The van der Waals surface area contributed by atoms with Gasteiger partial charge in [-0.1, -0.05) is 42.5 Å². The summed E-state index contributed by atoms with van der Waals surface area (Å²) < 4.78 is 5.60. The highest BCUT2D eigenvalue weighted by Crippen LogP contribution is 2.37. The molecule has 0 spiro atoms. The van der Waals surface area contributed by atoms with Gasteiger partial charge in [0.1, 0.15) is 5.75 Å². The van der Waals surface area contributed by atoms with Crippen molar-refractivity contribution in [2.24, 2.45) is 0 Å². The Hall–Kier alpha value is -3.44. The maximum atomic E-state index is 13.2. The first-order chi connectivity index (χ1) is 15.7. The van der Waals surface area contributed by atoms with E-state index < -0.39 is 0 Å². The van der Waals surface area contributed by atoms with Crippen molar-refractivity contribution in [3.05, 3.63) is 88.5 Å². The standard InChI is InChI=1S/C27H24N2O3/c30-26-23-4-2-1-3-21(23)22-7-6-20(16-24(22)26)27(31)29-12-10-28(11-13-29)17-18-5-8-25-19(15-18)9-14-32-25/h1-8,15-16H,9-14,17H2. The number of amides is 1. The number of ketones is 1. The summed E-state index contributed by atoms with van der Waals surface area (Å²) in [6.45, 7) is 4.74. The number of hydrogen-bond donors (Lipinski definition) is 0. The highest BCUT2D eigenvalue weighted by molar-refractivity contribution is 6.22. The van der Waals surface area contributed by atoms with Crippen LogP contribution in [0.1, 0.15) is 37.4 Å². The van der Waals surface area contributed by atoms with Crippen molar-refractivity contribution in [3.63, 3.8) is 0 Å². The topological polar surface area (TPSA) is 49.9 Å². The van der Waals surface area contributed by atoms with E-state index in [0.29, 0.717) is 24.2 Å². The lowest BCUT2D eigenvalue weighted by molar-refractivity contribution is 0.0628. The largest absolute Gasteiger partial charge is 0.493 e. The minimum atomic E-state index is 0.00545. The molecule has 0 saturated carbocycles. The van der Waals surface area contributed by atoms with E-state index in [1.807, 2.05) is 41.3 Å². The molecule has 5 nitrogen and oxygen atoms in total. The fourth-order valence-electron chi connectivity index (χ4n) is 5.05. The van der Waals surface area contributed by atoms with Crippen molar-refractivity contribution in [1.82, 2.24) is 9.80 Å². The molecule has 5 heteroatoms. The maximum Gasteiger partial charge on any atom is 0.253 e. The number of fused-ring (bicyclic) bond motifs is 4. The smallest absolute Gasteiger partial charge is 0.253 e. The van der Waals surface area contributed by atoms with Gasteiger partial charge in [-0.25, -0.2) is 0 Å². The second kappa shape index (κ2) is 7.61. The Kier molecular flexibility index (Phi) is 4.58. The van der Waals surface area contributed by atoms with E-state index >= 15 is 0 Å². The van der Waals surface area contributed by atoms with Crippen molar-refractivity contribution < 1.29 is 14.3 Å². The molecule has 2 aliphatic heterocycles. The number of carbonyl (C=O) groups is 2. The SMILES string of the molecule is O=C1c2ccccc2-c2ccc(C(=O)N3CCN(Cc4ccc5c(c4)CCO5)CC3)cc21. The van der Waals surface area contributed by atoms with E-state index in [4.69, 9.17) is 4.74 Å². The first kappa shape index (κ1) is 19.3. The predicted octanol–water partition coefficient (Wildman–Crippen LogP) is 3.79. The number of hydrogen-bond acceptors (Lipinski definition) is 4. The molecule has 1 amide bonds. The van der Waals surface area contributed by atoms with Crippen LogP contribution < -0.4 is 4.74 Å². The van der Waals surface area contributed by atoms with Gasteiger partial charge in [-0.05, 0) is 40.5 Å². The number of piperazine rings is 1. The van der Waals surface area contributed by atoms with E-state index in [1.165, 1.54) is 11.1 Å². The Morgan fingerprint density at radius 1 is 0.844 bits per heavy atom. The number of rotatable bonds is 3.